The van der Waals surface area contributed by atoms with Crippen molar-refractivity contribution in [2.75, 3.05) is 33.3 Å². The van der Waals surface area contributed by atoms with Crippen molar-refractivity contribution in [1.29, 1.82) is 0 Å². The van der Waals surface area contributed by atoms with E-state index in [1.807, 2.05) is 24.3 Å². The Labute approximate surface area is 157 Å². The average molecular weight is 425 g/mol. The van der Waals surface area contributed by atoms with Crippen LogP contribution in [0, 0.1) is 0 Å². The Morgan fingerprint density at radius 1 is 1.04 bits per heavy atom. The molecule has 1 heterocycles. The van der Waals surface area contributed by atoms with Crippen molar-refractivity contribution >= 4 is 26.0 Å². The zero-order valence-corrected chi connectivity index (χ0v) is 16.5. The second-order valence-electron chi connectivity index (χ2n) is 5.96. The lowest BCUT2D eigenvalue weighted by Crippen LogP contribution is -2.48. The fourth-order valence-electron chi connectivity index (χ4n) is 2.95. The minimum atomic E-state index is -3.46. The third-order valence-electron chi connectivity index (χ3n) is 4.33. The molecule has 0 atom stereocenters. The second-order valence-corrected chi connectivity index (χ2v) is 8.72. The fourth-order valence-corrected chi connectivity index (χ4v) is 5.34. The molecule has 2 aromatic rings. The Hall–Kier alpha value is -1.41. The van der Waals surface area contributed by atoms with Crippen LogP contribution >= 0.6 is 15.9 Å². The van der Waals surface area contributed by atoms with Crippen LogP contribution < -0.4 is 4.74 Å². The van der Waals surface area contributed by atoms with Gasteiger partial charge in [-0.05, 0) is 45.8 Å². The molecule has 0 amide bonds. The van der Waals surface area contributed by atoms with Gasteiger partial charge in [0.2, 0.25) is 10.0 Å². The SMILES string of the molecule is COc1cccc(CN2CCN(S(=O)(=O)c3ccccc3Br)CC2)c1. The molecule has 1 saturated heterocycles. The number of piperazine rings is 1. The average Bonchev–Trinajstić information content (AvgIpc) is 2.62. The summed E-state index contributed by atoms with van der Waals surface area (Å²) >= 11 is 3.34. The van der Waals surface area contributed by atoms with Crippen LogP contribution in [0.15, 0.2) is 57.9 Å². The molecule has 0 spiro atoms. The molecule has 0 N–H and O–H groups in total. The predicted octanol–water partition coefficient (Wildman–Crippen LogP) is 2.96. The maximum absolute atomic E-state index is 12.8. The van der Waals surface area contributed by atoms with E-state index in [-0.39, 0.29) is 0 Å². The monoisotopic (exact) mass is 424 g/mol. The maximum Gasteiger partial charge on any atom is 0.244 e. The van der Waals surface area contributed by atoms with Crippen molar-refractivity contribution in [3.8, 4) is 5.75 Å². The van der Waals surface area contributed by atoms with Crippen LogP contribution in [0.4, 0.5) is 0 Å². The van der Waals surface area contributed by atoms with Crippen molar-refractivity contribution in [1.82, 2.24) is 9.21 Å². The summed E-state index contributed by atoms with van der Waals surface area (Å²) in [5.41, 5.74) is 1.17. The van der Waals surface area contributed by atoms with Gasteiger partial charge in [0.1, 0.15) is 5.75 Å². The number of ether oxygens (including phenoxy) is 1. The van der Waals surface area contributed by atoms with E-state index >= 15 is 0 Å². The number of sulfonamides is 1. The van der Waals surface area contributed by atoms with E-state index in [2.05, 4.69) is 26.9 Å². The normalized spacial score (nSPS) is 16.7. The third-order valence-corrected chi connectivity index (χ3v) is 7.24. The van der Waals surface area contributed by atoms with Crippen molar-refractivity contribution in [3.05, 3.63) is 58.6 Å². The van der Waals surface area contributed by atoms with Crippen molar-refractivity contribution < 1.29 is 13.2 Å². The molecule has 134 valence electrons. The summed E-state index contributed by atoms with van der Waals surface area (Å²) in [5.74, 6) is 0.840. The highest BCUT2D eigenvalue weighted by Gasteiger charge is 2.29. The zero-order valence-electron chi connectivity index (χ0n) is 14.1. The van der Waals surface area contributed by atoms with Gasteiger partial charge in [-0.15, -0.1) is 0 Å². The van der Waals surface area contributed by atoms with Gasteiger partial charge >= 0.3 is 0 Å². The third kappa shape index (κ3) is 4.23. The molecule has 2 aromatic carbocycles. The van der Waals surface area contributed by atoms with Crippen LogP contribution in [0.25, 0.3) is 0 Å². The first-order chi connectivity index (χ1) is 12.0. The lowest BCUT2D eigenvalue weighted by Gasteiger charge is -2.34. The van der Waals surface area contributed by atoms with Crippen LogP contribution in [0.2, 0.25) is 0 Å². The van der Waals surface area contributed by atoms with Gasteiger partial charge in [-0.25, -0.2) is 8.42 Å². The van der Waals surface area contributed by atoms with E-state index in [9.17, 15) is 8.42 Å². The summed E-state index contributed by atoms with van der Waals surface area (Å²) in [5, 5.41) is 0. The smallest absolute Gasteiger partial charge is 0.244 e. The van der Waals surface area contributed by atoms with E-state index < -0.39 is 10.0 Å². The molecule has 1 aliphatic heterocycles. The van der Waals surface area contributed by atoms with Gasteiger partial charge in [0, 0.05) is 37.2 Å². The van der Waals surface area contributed by atoms with Crippen molar-refractivity contribution in [3.63, 3.8) is 0 Å². The van der Waals surface area contributed by atoms with Crippen molar-refractivity contribution in [2.24, 2.45) is 0 Å². The lowest BCUT2D eigenvalue weighted by atomic mass is 10.2. The van der Waals surface area contributed by atoms with E-state index in [0.717, 1.165) is 12.3 Å². The number of methoxy groups -OCH3 is 1. The largest absolute Gasteiger partial charge is 0.497 e. The molecule has 5 nitrogen and oxygen atoms in total. The van der Waals surface area contributed by atoms with Crippen LogP contribution in [0.3, 0.4) is 0 Å². The summed E-state index contributed by atoms with van der Waals surface area (Å²) in [6.45, 7) is 3.20. The van der Waals surface area contributed by atoms with Crippen LogP contribution in [-0.2, 0) is 16.6 Å². The molecule has 25 heavy (non-hydrogen) atoms. The molecule has 0 saturated carbocycles. The van der Waals surface area contributed by atoms with Gasteiger partial charge in [-0.1, -0.05) is 24.3 Å². The molecule has 0 radical (unpaired) electrons. The molecule has 1 aliphatic rings. The molecule has 3 rings (SSSR count). The molecular formula is C18H21BrN2O3S. The van der Waals surface area contributed by atoms with Crippen LogP contribution in [0.1, 0.15) is 5.56 Å². The first-order valence-corrected chi connectivity index (χ1v) is 10.3. The number of halogens is 1. The quantitative estimate of drug-likeness (QED) is 0.739. The van der Waals surface area contributed by atoms with E-state index in [0.29, 0.717) is 35.5 Å². The predicted molar refractivity (Wildman–Crippen MR) is 101 cm³/mol. The minimum Gasteiger partial charge on any atom is -0.497 e. The number of hydrogen-bond acceptors (Lipinski definition) is 4. The topological polar surface area (TPSA) is 49.9 Å². The molecule has 0 aliphatic carbocycles. The van der Waals surface area contributed by atoms with Crippen LogP contribution in [-0.4, -0.2) is 50.9 Å². The Bertz CT molecular complexity index is 834. The number of nitrogens with zero attached hydrogens (tertiary/aromatic N) is 2. The Kier molecular flexibility index (Phi) is 5.78. The molecule has 0 bridgehead atoms. The van der Waals surface area contributed by atoms with Gasteiger partial charge in [-0.3, -0.25) is 4.90 Å². The van der Waals surface area contributed by atoms with Gasteiger partial charge in [0.05, 0.1) is 12.0 Å². The fraction of sp³-hybridized carbons (Fsp3) is 0.333. The standard InChI is InChI=1S/C18H21BrN2O3S/c1-24-16-6-4-5-15(13-16)14-20-9-11-21(12-10-20)25(22,23)18-8-3-2-7-17(18)19/h2-8,13H,9-12,14H2,1H3. The number of rotatable bonds is 5. The Morgan fingerprint density at radius 3 is 2.44 bits per heavy atom. The number of hydrogen-bond donors (Lipinski definition) is 0. The number of benzene rings is 2. The summed E-state index contributed by atoms with van der Waals surface area (Å²) in [6, 6.07) is 14.9. The van der Waals surface area contributed by atoms with Gasteiger partial charge in [-0.2, -0.15) is 4.31 Å². The summed E-state index contributed by atoms with van der Waals surface area (Å²) in [6.07, 6.45) is 0. The first kappa shape index (κ1) is 18.4. The lowest BCUT2D eigenvalue weighted by molar-refractivity contribution is 0.181. The van der Waals surface area contributed by atoms with Gasteiger partial charge < -0.3 is 4.74 Å². The summed E-state index contributed by atoms with van der Waals surface area (Å²) < 4.78 is 33.1. The Morgan fingerprint density at radius 2 is 1.76 bits per heavy atom. The highest BCUT2D eigenvalue weighted by molar-refractivity contribution is 9.10. The van der Waals surface area contributed by atoms with E-state index in [1.165, 1.54) is 5.56 Å². The van der Waals surface area contributed by atoms with Gasteiger partial charge in [0.25, 0.3) is 0 Å². The summed E-state index contributed by atoms with van der Waals surface area (Å²) in [7, 11) is -1.80. The first-order valence-electron chi connectivity index (χ1n) is 8.10. The molecular weight excluding hydrogens is 404 g/mol. The molecule has 1 fully saturated rings. The molecule has 7 heteroatoms. The maximum atomic E-state index is 12.8. The second kappa shape index (κ2) is 7.86. The van der Waals surface area contributed by atoms with Crippen LogP contribution in [0.5, 0.6) is 5.75 Å². The Balaban J connectivity index is 1.64. The highest BCUT2D eigenvalue weighted by Crippen LogP contribution is 2.25. The molecule has 0 aromatic heterocycles. The van der Waals surface area contributed by atoms with E-state index in [1.54, 1.807) is 29.6 Å². The van der Waals surface area contributed by atoms with Crippen molar-refractivity contribution in [2.45, 2.75) is 11.4 Å². The molecule has 0 unspecified atom stereocenters. The van der Waals surface area contributed by atoms with Gasteiger partial charge in [0.15, 0.2) is 0 Å². The zero-order chi connectivity index (χ0) is 17.9. The highest BCUT2D eigenvalue weighted by atomic mass is 79.9. The minimum absolute atomic E-state index is 0.330. The summed E-state index contributed by atoms with van der Waals surface area (Å²) in [4.78, 5) is 2.59. The van der Waals surface area contributed by atoms with E-state index in [4.69, 9.17) is 4.74 Å².